The van der Waals surface area contributed by atoms with Crippen molar-refractivity contribution in [2.75, 3.05) is 5.32 Å². The van der Waals surface area contributed by atoms with Gasteiger partial charge in [-0.25, -0.2) is 0 Å². The van der Waals surface area contributed by atoms with E-state index in [0.717, 1.165) is 17.0 Å². The van der Waals surface area contributed by atoms with Crippen molar-refractivity contribution < 1.29 is 9.34 Å². The molecule has 0 amide bonds. The quantitative estimate of drug-likeness (QED) is 0.667. The zero-order valence-electron chi connectivity index (χ0n) is 11.1. The molecule has 1 heterocycles. The smallest absolute Gasteiger partial charge is 0.274 e. The Morgan fingerprint density at radius 2 is 2.05 bits per heavy atom. The molecular weight excluding hydrogens is 244 g/mol. The second-order valence-electron chi connectivity index (χ2n) is 4.59. The molecule has 0 radical (unpaired) electrons. The van der Waals surface area contributed by atoms with E-state index >= 15 is 0 Å². The van der Waals surface area contributed by atoms with E-state index in [0.29, 0.717) is 5.56 Å². The fourth-order valence-corrected chi connectivity index (χ4v) is 2.04. The van der Waals surface area contributed by atoms with Gasteiger partial charge in [0.25, 0.3) is 5.69 Å². The Bertz CT molecular complexity index is 591. The summed E-state index contributed by atoms with van der Waals surface area (Å²) in [6.45, 7) is 5.61. The molecule has 0 fully saturated rings. The van der Waals surface area contributed by atoms with Crippen LogP contribution in [0.1, 0.15) is 29.9 Å². The van der Waals surface area contributed by atoms with Crippen molar-refractivity contribution in [1.82, 2.24) is 0 Å². The lowest BCUT2D eigenvalue weighted by Crippen LogP contribution is -2.07. The van der Waals surface area contributed by atoms with Gasteiger partial charge in [0.2, 0.25) is 0 Å². The first kappa shape index (κ1) is 13.1. The first-order valence-electron chi connectivity index (χ1n) is 6.04. The Kier molecular flexibility index (Phi) is 3.55. The van der Waals surface area contributed by atoms with Gasteiger partial charge >= 0.3 is 0 Å². The van der Waals surface area contributed by atoms with Gasteiger partial charge in [-0.3, -0.25) is 10.1 Å². The molecule has 0 saturated heterocycles. The lowest BCUT2D eigenvalue weighted by Gasteiger charge is -2.15. The highest BCUT2D eigenvalue weighted by molar-refractivity contribution is 5.60. The van der Waals surface area contributed by atoms with Crippen molar-refractivity contribution in [1.29, 1.82) is 0 Å². The Hall–Kier alpha value is -2.30. The van der Waals surface area contributed by atoms with Crippen LogP contribution in [0.3, 0.4) is 0 Å². The van der Waals surface area contributed by atoms with E-state index in [1.807, 2.05) is 32.0 Å². The Morgan fingerprint density at radius 1 is 1.32 bits per heavy atom. The fraction of sp³-hybridized carbons (Fsp3) is 0.286. The fourth-order valence-electron chi connectivity index (χ4n) is 2.04. The summed E-state index contributed by atoms with van der Waals surface area (Å²) in [7, 11) is 0. The molecule has 19 heavy (non-hydrogen) atoms. The molecule has 0 bridgehead atoms. The van der Waals surface area contributed by atoms with Gasteiger partial charge in [0.1, 0.15) is 5.76 Å². The predicted molar refractivity (Wildman–Crippen MR) is 73.3 cm³/mol. The lowest BCUT2D eigenvalue weighted by molar-refractivity contribution is -0.385. The normalized spacial score (nSPS) is 12.2. The molecule has 0 aliphatic heterocycles. The number of nitro benzene ring substituents is 1. The largest absolute Gasteiger partial charge is 0.467 e. The number of rotatable bonds is 4. The summed E-state index contributed by atoms with van der Waals surface area (Å²) in [5.41, 5.74) is 2.51. The molecule has 1 N–H and O–H groups in total. The molecule has 0 aliphatic rings. The van der Waals surface area contributed by atoms with E-state index in [1.165, 1.54) is 0 Å². The molecule has 0 aliphatic carbocycles. The number of nitrogens with zero attached hydrogens (tertiary/aromatic N) is 1. The molecule has 0 spiro atoms. The zero-order valence-corrected chi connectivity index (χ0v) is 11.1. The van der Waals surface area contributed by atoms with Crippen LogP contribution in [-0.2, 0) is 0 Å². The van der Waals surface area contributed by atoms with E-state index in [9.17, 15) is 10.1 Å². The second kappa shape index (κ2) is 5.14. The van der Waals surface area contributed by atoms with Crippen LogP contribution in [0.15, 0.2) is 34.9 Å². The summed E-state index contributed by atoms with van der Waals surface area (Å²) in [6.07, 6.45) is 1.61. The number of aryl methyl sites for hydroxylation is 2. The maximum absolute atomic E-state index is 11.0. The monoisotopic (exact) mass is 260 g/mol. The van der Waals surface area contributed by atoms with Gasteiger partial charge in [0, 0.05) is 17.3 Å². The Balaban J connectivity index is 2.30. The van der Waals surface area contributed by atoms with E-state index in [1.54, 1.807) is 19.3 Å². The summed E-state index contributed by atoms with van der Waals surface area (Å²) in [4.78, 5) is 10.6. The molecule has 0 saturated carbocycles. The Labute approximate surface area is 111 Å². The predicted octanol–water partition coefficient (Wildman–Crippen LogP) is 3.98. The van der Waals surface area contributed by atoms with Gasteiger partial charge in [-0.2, -0.15) is 0 Å². The van der Waals surface area contributed by atoms with Crippen molar-refractivity contribution in [2.24, 2.45) is 0 Å². The first-order valence-corrected chi connectivity index (χ1v) is 6.04. The van der Waals surface area contributed by atoms with Crippen molar-refractivity contribution >= 4 is 11.4 Å². The van der Waals surface area contributed by atoms with Crippen LogP contribution in [0.5, 0.6) is 0 Å². The van der Waals surface area contributed by atoms with Gasteiger partial charge in [0.15, 0.2) is 0 Å². The average molecular weight is 260 g/mol. The molecule has 100 valence electrons. The molecule has 2 rings (SSSR count). The molecule has 5 heteroatoms. The minimum Gasteiger partial charge on any atom is -0.467 e. The number of anilines is 1. The number of benzene rings is 1. The first-order chi connectivity index (χ1) is 8.99. The number of hydrogen-bond donors (Lipinski definition) is 1. The highest BCUT2D eigenvalue weighted by Crippen LogP contribution is 2.29. The second-order valence-corrected chi connectivity index (χ2v) is 4.59. The van der Waals surface area contributed by atoms with Crippen LogP contribution in [0.4, 0.5) is 11.4 Å². The third-order valence-corrected chi connectivity index (χ3v) is 3.08. The van der Waals surface area contributed by atoms with Crippen LogP contribution in [0.2, 0.25) is 0 Å². The molecule has 2 aromatic rings. The summed E-state index contributed by atoms with van der Waals surface area (Å²) < 4.78 is 5.31. The zero-order chi connectivity index (χ0) is 14.0. The van der Waals surface area contributed by atoms with E-state index < -0.39 is 0 Å². The van der Waals surface area contributed by atoms with Crippen LogP contribution in [-0.4, -0.2) is 4.92 Å². The topological polar surface area (TPSA) is 68.3 Å². The van der Waals surface area contributed by atoms with E-state index in [-0.39, 0.29) is 16.7 Å². The van der Waals surface area contributed by atoms with Crippen molar-refractivity contribution in [3.63, 3.8) is 0 Å². The number of hydrogen-bond acceptors (Lipinski definition) is 4. The third-order valence-electron chi connectivity index (χ3n) is 3.08. The minimum absolute atomic E-state index is 0.0454. The maximum Gasteiger partial charge on any atom is 0.274 e. The van der Waals surface area contributed by atoms with Gasteiger partial charge in [0.05, 0.1) is 17.2 Å². The van der Waals surface area contributed by atoms with Gasteiger partial charge < -0.3 is 9.73 Å². The summed E-state index contributed by atoms with van der Waals surface area (Å²) in [5, 5.41) is 14.2. The SMILES string of the molecule is Cc1cc(C)c([N+](=O)[O-])cc1NC(C)c1ccco1. The van der Waals surface area contributed by atoms with Crippen LogP contribution < -0.4 is 5.32 Å². The van der Waals surface area contributed by atoms with Crippen molar-refractivity contribution in [3.8, 4) is 0 Å². The van der Waals surface area contributed by atoms with Gasteiger partial charge in [-0.15, -0.1) is 0 Å². The van der Waals surface area contributed by atoms with Crippen LogP contribution in [0, 0.1) is 24.0 Å². The number of nitro groups is 1. The summed E-state index contributed by atoms with van der Waals surface area (Å²) in [5.74, 6) is 0.794. The summed E-state index contributed by atoms with van der Waals surface area (Å²) >= 11 is 0. The molecule has 1 atom stereocenters. The van der Waals surface area contributed by atoms with E-state index in [2.05, 4.69) is 5.32 Å². The van der Waals surface area contributed by atoms with E-state index in [4.69, 9.17) is 4.42 Å². The maximum atomic E-state index is 11.0. The van der Waals surface area contributed by atoms with Crippen molar-refractivity contribution in [2.45, 2.75) is 26.8 Å². The number of furan rings is 1. The van der Waals surface area contributed by atoms with Crippen LogP contribution >= 0.6 is 0 Å². The molecule has 1 aromatic heterocycles. The third kappa shape index (κ3) is 2.76. The highest BCUT2D eigenvalue weighted by Gasteiger charge is 2.16. The standard InChI is InChI=1S/C14H16N2O3/c1-9-7-10(2)13(16(17)18)8-12(9)15-11(3)14-5-4-6-19-14/h4-8,11,15H,1-3H3. The number of nitrogens with one attached hydrogen (secondary N) is 1. The lowest BCUT2D eigenvalue weighted by atomic mass is 10.1. The van der Waals surface area contributed by atoms with Crippen LogP contribution in [0.25, 0.3) is 0 Å². The average Bonchev–Trinajstić information content (AvgIpc) is 2.85. The Morgan fingerprint density at radius 3 is 2.63 bits per heavy atom. The van der Waals surface area contributed by atoms with Crippen molar-refractivity contribution in [3.05, 3.63) is 57.5 Å². The summed E-state index contributed by atoms with van der Waals surface area (Å²) in [6, 6.07) is 7.03. The molecule has 1 unspecified atom stereocenters. The molecular formula is C14H16N2O3. The highest BCUT2D eigenvalue weighted by atomic mass is 16.6. The molecule has 5 nitrogen and oxygen atoms in total. The molecule has 1 aromatic carbocycles. The van der Waals surface area contributed by atoms with Gasteiger partial charge in [-0.05, 0) is 44.5 Å². The minimum atomic E-state index is -0.364. The van der Waals surface area contributed by atoms with Gasteiger partial charge in [-0.1, -0.05) is 0 Å².